The Hall–Kier alpha value is -2.54. The molecule has 1 saturated heterocycles. The number of aliphatic hydroxyl groups is 1. The summed E-state index contributed by atoms with van der Waals surface area (Å²) in [5, 5.41) is 12.0. The first-order valence-electron chi connectivity index (χ1n) is 10.4. The third-order valence-electron chi connectivity index (χ3n) is 5.95. The summed E-state index contributed by atoms with van der Waals surface area (Å²) < 4.78 is 19.5. The van der Waals surface area contributed by atoms with Crippen LogP contribution in [0.5, 0.6) is 5.75 Å². The lowest BCUT2D eigenvalue weighted by Gasteiger charge is -2.41. The molecule has 30 heavy (non-hydrogen) atoms. The van der Waals surface area contributed by atoms with E-state index in [1.165, 1.54) is 24.1 Å². The van der Waals surface area contributed by atoms with Crippen molar-refractivity contribution in [3.8, 4) is 5.75 Å². The van der Waals surface area contributed by atoms with Gasteiger partial charge in [-0.1, -0.05) is 24.3 Å². The van der Waals surface area contributed by atoms with Crippen LogP contribution < -0.4 is 4.74 Å². The topological polar surface area (TPSA) is 48.8 Å². The number of rotatable bonds is 7. The fourth-order valence-corrected chi connectivity index (χ4v) is 4.30. The van der Waals surface area contributed by atoms with E-state index in [-0.39, 0.29) is 18.5 Å². The number of aliphatic hydroxyl groups excluding tert-OH is 1. The summed E-state index contributed by atoms with van der Waals surface area (Å²) in [6.07, 6.45) is 4.41. The second kappa shape index (κ2) is 9.51. The van der Waals surface area contributed by atoms with Crippen LogP contribution in [-0.2, 0) is 13.1 Å². The molecular weight excluding hydrogens is 381 g/mol. The molecule has 1 fully saturated rings. The Bertz CT molecular complexity index is 992. The van der Waals surface area contributed by atoms with Crippen molar-refractivity contribution < 1.29 is 14.2 Å². The highest BCUT2D eigenvalue weighted by Gasteiger charge is 2.27. The minimum atomic E-state index is -0.246. The Morgan fingerprint density at radius 2 is 2.03 bits per heavy atom. The van der Waals surface area contributed by atoms with Crippen molar-refractivity contribution in [2.75, 3.05) is 33.4 Å². The largest absolute Gasteiger partial charge is 0.497 e. The molecule has 0 saturated carbocycles. The number of methoxy groups -OCH3 is 1. The number of halogens is 1. The van der Waals surface area contributed by atoms with Crippen LogP contribution in [0.1, 0.15) is 17.5 Å². The van der Waals surface area contributed by atoms with E-state index >= 15 is 0 Å². The summed E-state index contributed by atoms with van der Waals surface area (Å²) >= 11 is 0. The van der Waals surface area contributed by atoms with E-state index in [9.17, 15) is 9.50 Å². The van der Waals surface area contributed by atoms with E-state index in [0.717, 1.165) is 31.6 Å². The van der Waals surface area contributed by atoms with Gasteiger partial charge in [0.2, 0.25) is 0 Å². The molecule has 158 valence electrons. The number of piperazine rings is 1. The minimum Gasteiger partial charge on any atom is -0.497 e. The van der Waals surface area contributed by atoms with Gasteiger partial charge in [0, 0.05) is 74.8 Å². The highest BCUT2D eigenvalue weighted by Crippen LogP contribution is 2.24. The van der Waals surface area contributed by atoms with Gasteiger partial charge in [-0.3, -0.25) is 14.8 Å². The zero-order chi connectivity index (χ0) is 20.9. The molecule has 0 amide bonds. The molecule has 2 heterocycles. The Balaban J connectivity index is 1.46. The molecule has 0 aliphatic carbocycles. The molecule has 1 N–H and O–H groups in total. The molecule has 0 radical (unpaired) electrons. The first-order chi connectivity index (χ1) is 14.7. The maximum Gasteiger partial charge on any atom is 0.131 e. The highest BCUT2D eigenvalue weighted by molar-refractivity contribution is 5.84. The smallest absolute Gasteiger partial charge is 0.131 e. The maximum atomic E-state index is 14.4. The molecule has 5 nitrogen and oxygen atoms in total. The zero-order valence-electron chi connectivity index (χ0n) is 17.3. The SMILES string of the molecule is COc1ccc(CN2CCN(Cc3cccc4cnccc34)C[C@H]2CCO)c(F)c1. The number of hydrogen-bond acceptors (Lipinski definition) is 5. The quantitative estimate of drug-likeness (QED) is 0.648. The Labute approximate surface area is 176 Å². The van der Waals surface area contributed by atoms with Crippen molar-refractivity contribution in [1.82, 2.24) is 14.8 Å². The molecule has 1 aliphatic rings. The van der Waals surface area contributed by atoms with Gasteiger partial charge in [0.05, 0.1) is 7.11 Å². The number of benzene rings is 2. The normalized spacial score (nSPS) is 18.0. The van der Waals surface area contributed by atoms with Crippen molar-refractivity contribution in [2.45, 2.75) is 25.6 Å². The van der Waals surface area contributed by atoms with Crippen LogP contribution in [0.15, 0.2) is 54.9 Å². The number of pyridine rings is 1. The molecule has 1 aliphatic heterocycles. The standard InChI is InChI=1S/C24H28FN3O2/c1-30-22-6-5-20(24(25)13-22)16-28-11-10-27(17-21(28)8-12-29)15-19-4-2-3-18-14-26-9-7-23(18)19/h2-7,9,13-14,21,29H,8,10-12,15-17H2,1H3/t21-/m1/s1. The lowest BCUT2D eigenvalue weighted by molar-refractivity contribution is 0.0495. The van der Waals surface area contributed by atoms with E-state index in [0.29, 0.717) is 24.3 Å². The lowest BCUT2D eigenvalue weighted by Crippen LogP contribution is -2.52. The average Bonchev–Trinajstić information content (AvgIpc) is 2.77. The fourth-order valence-electron chi connectivity index (χ4n) is 4.30. The van der Waals surface area contributed by atoms with Crippen LogP contribution in [0.2, 0.25) is 0 Å². The van der Waals surface area contributed by atoms with Gasteiger partial charge in [0.15, 0.2) is 0 Å². The maximum absolute atomic E-state index is 14.4. The van der Waals surface area contributed by atoms with E-state index in [1.807, 2.05) is 12.4 Å². The first kappa shape index (κ1) is 20.7. The molecule has 0 bridgehead atoms. The molecule has 3 aromatic rings. The van der Waals surface area contributed by atoms with Crippen molar-refractivity contribution in [1.29, 1.82) is 0 Å². The molecule has 0 spiro atoms. The van der Waals surface area contributed by atoms with E-state index < -0.39 is 0 Å². The van der Waals surface area contributed by atoms with Gasteiger partial charge < -0.3 is 9.84 Å². The predicted octanol–water partition coefficient (Wildman–Crippen LogP) is 3.45. The molecule has 1 aromatic heterocycles. The Morgan fingerprint density at radius 1 is 1.13 bits per heavy atom. The van der Waals surface area contributed by atoms with Crippen LogP contribution in [0.3, 0.4) is 0 Å². The van der Waals surface area contributed by atoms with Gasteiger partial charge in [-0.15, -0.1) is 0 Å². The molecule has 1 atom stereocenters. The van der Waals surface area contributed by atoms with Gasteiger partial charge in [0.25, 0.3) is 0 Å². The summed E-state index contributed by atoms with van der Waals surface area (Å²) in [5.74, 6) is 0.280. The van der Waals surface area contributed by atoms with Gasteiger partial charge in [-0.05, 0) is 29.5 Å². The predicted molar refractivity (Wildman–Crippen MR) is 116 cm³/mol. The second-order valence-electron chi connectivity index (χ2n) is 7.84. The molecule has 0 unspecified atom stereocenters. The monoisotopic (exact) mass is 409 g/mol. The van der Waals surface area contributed by atoms with Crippen LogP contribution in [0.25, 0.3) is 10.8 Å². The third-order valence-corrected chi connectivity index (χ3v) is 5.95. The summed E-state index contributed by atoms with van der Waals surface area (Å²) in [6, 6.07) is 13.6. The summed E-state index contributed by atoms with van der Waals surface area (Å²) in [6.45, 7) is 4.10. The highest BCUT2D eigenvalue weighted by atomic mass is 19.1. The van der Waals surface area contributed by atoms with Gasteiger partial charge in [-0.2, -0.15) is 0 Å². The van der Waals surface area contributed by atoms with Crippen molar-refractivity contribution in [3.05, 3.63) is 71.8 Å². The Morgan fingerprint density at radius 3 is 2.83 bits per heavy atom. The summed E-state index contributed by atoms with van der Waals surface area (Å²) in [4.78, 5) is 8.93. The van der Waals surface area contributed by atoms with Crippen LogP contribution >= 0.6 is 0 Å². The van der Waals surface area contributed by atoms with Gasteiger partial charge in [0.1, 0.15) is 11.6 Å². The average molecular weight is 410 g/mol. The minimum absolute atomic E-state index is 0.125. The zero-order valence-corrected chi connectivity index (χ0v) is 17.3. The van der Waals surface area contributed by atoms with E-state index in [2.05, 4.69) is 39.0 Å². The molecular formula is C24H28FN3O2. The molecule has 6 heteroatoms. The number of nitrogens with zero attached hydrogens (tertiary/aromatic N) is 3. The molecule has 4 rings (SSSR count). The van der Waals surface area contributed by atoms with Crippen LogP contribution in [0.4, 0.5) is 4.39 Å². The fraction of sp³-hybridized carbons (Fsp3) is 0.375. The number of aromatic nitrogens is 1. The summed E-state index contributed by atoms with van der Waals surface area (Å²) in [7, 11) is 1.54. The van der Waals surface area contributed by atoms with E-state index in [4.69, 9.17) is 4.74 Å². The van der Waals surface area contributed by atoms with Crippen LogP contribution in [-0.4, -0.2) is 59.3 Å². The second-order valence-corrected chi connectivity index (χ2v) is 7.84. The van der Waals surface area contributed by atoms with Crippen molar-refractivity contribution in [2.24, 2.45) is 0 Å². The van der Waals surface area contributed by atoms with Gasteiger partial charge in [-0.25, -0.2) is 4.39 Å². The number of hydrogen-bond donors (Lipinski definition) is 1. The first-order valence-corrected chi connectivity index (χ1v) is 10.4. The summed E-state index contributed by atoms with van der Waals surface area (Å²) in [5.41, 5.74) is 1.95. The van der Waals surface area contributed by atoms with Crippen LogP contribution in [0, 0.1) is 5.82 Å². The van der Waals surface area contributed by atoms with Crippen molar-refractivity contribution >= 4 is 10.8 Å². The van der Waals surface area contributed by atoms with Gasteiger partial charge >= 0.3 is 0 Å². The number of ether oxygens (including phenoxy) is 1. The van der Waals surface area contributed by atoms with E-state index in [1.54, 1.807) is 12.1 Å². The lowest BCUT2D eigenvalue weighted by atomic mass is 10.0. The Kier molecular flexibility index (Phi) is 6.57. The third kappa shape index (κ3) is 4.61. The molecule has 2 aromatic carbocycles. The van der Waals surface area contributed by atoms with Crippen molar-refractivity contribution in [3.63, 3.8) is 0 Å². The number of fused-ring (bicyclic) bond motifs is 1.